The van der Waals surface area contributed by atoms with E-state index in [-0.39, 0.29) is 0 Å². The van der Waals surface area contributed by atoms with Gasteiger partial charge in [0.25, 0.3) is 0 Å². The summed E-state index contributed by atoms with van der Waals surface area (Å²) in [5, 5.41) is 6.77. The fourth-order valence-electron chi connectivity index (χ4n) is 2.64. The van der Waals surface area contributed by atoms with Crippen LogP contribution < -0.4 is 10.6 Å². The van der Waals surface area contributed by atoms with Crippen LogP contribution in [0.5, 0.6) is 0 Å². The zero-order chi connectivity index (χ0) is 14.5. The molecule has 110 valence electrons. The first-order valence-electron chi connectivity index (χ1n) is 7.50. The van der Waals surface area contributed by atoms with Crippen molar-refractivity contribution in [3.8, 4) is 0 Å². The summed E-state index contributed by atoms with van der Waals surface area (Å²) in [6, 6.07) is 6.02. The number of hydrogen-bond acceptors (Lipinski definition) is 5. The summed E-state index contributed by atoms with van der Waals surface area (Å²) < 4.78 is 0. The Morgan fingerprint density at radius 2 is 1.95 bits per heavy atom. The predicted octanol–water partition coefficient (Wildman–Crippen LogP) is 2.26. The number of piperidine rings is 1. The van der Waals surface area contributed by atoms with E-state index in [1.54, 1.807) is 0 Å². The minimum Gasteiger partial charge on any atom is -0.366 e. The highest BCUT2D eigenvalue weighted by atomic mass is 15.0. The molecular formula is C16H21N5. The summed E-state index contributed by atoms with van der Waals surface area (Å²) >= 11 is 0. The van der Waals surface area contributed by atoms with E-state index in [0.29, 0.717) is 5.92 Å². The Morgan fingerprint density at radius 3 is 2.71 bits per heavy atom. The molecule has 2 aromatic heterocycles. The fraction of sp³-hybridized carbons (Fsp3) is 0.438. The first-order valence-corrected chi connectivity index (χ1v) is 7.50. The highest BCUT2D eigenvalue weighted by Gasteiger charge is 2.18. The maximum Gasteiger partial charge on any atom is 0.134 e. The van der Waals surface area contributed by atoms with E-state index in [4.69, 9.17) is 4.98 Å². The van der Waals surface area contributed by atoms with E-state index >= 15 is 0 Å². The lowest BCUT2D eigenvalue weighted by molar-refractivity contribution is 0.444. The normalized spacial score (nSPS) is 15.9. The zero-order valence-electron chi connectivity index (χ0n) is 12.3. The largest absolute Gasteiger partial charge is 0.366 e. The third-order valence-corrected chi connectivity index (χ3v) is 3.80. The van der Waals surface area contributed by atoms with Crippen LogP contribution in [0, 0.1) is 6.92 Å². The highest BCUT2D eigenvalue weighted by molar-refractivity contribution is 5.37. The average molecular weight is 283 g/mol. The van der Waals surface area contributed by atoms with E-state index in [9.17, 15) is 0 Å². The lowest BCUT2D eigenvalue weighted by Crippen LogP contribution is -2.27. The Hall–Kier alpha value is -2.01. The number of nitrogens with one attached hydrogen (secondary N) is 2. The van der Waals surface area contributed by atoms with E-state index in [0.717, 1.165) is 49.8 Å². The third-order valence-electron chi connectivity index (χ3n) is 3.80. The maximum absolute atomic E-state index is 4.71. The molecule has 2 N–H and O–H groups in total. The molecule has 0 bridgehead atoms. The second-order valence-corrected chi connectivity index (χ2v) is 5.49. The van der Waals surface area contributed by atoms with Crippen LogP contribution in [0.25, 0.3) is 0 Å². The number of aromatic nitrogens is 3. The van der Waals surface area contributed by atoms with Gasteiger partial charge in [0.05, 0.1) is 0 Å². The lowest BCUT2D eigenvalue weighted by Gasteiger charge is -2.22. The minimum absolute atomic E-state index is 0.479. The van der Waals surface area contributed by atoms with Crippen molar-refractivity contribution in [1.29, 1.82) is 0 Å². The van der Waals surface area contributed by atoms with Crippen molar-refractivity contribution < 1.29 is 0 Å². The van der Waals surface area contributed by atoms with E-state index in [2.05, 4.69) is 20.6 Å². The second-order valence-electron chi connectivity index (χ2n) is 5.49. The van der Waals surface area contributed by atoms with Crippen LogP contribution >= 0.6 is 0 Å². The summed E-state index contributed by atoms with van der Waals surface area (Å²) in [7, 11) is 0. The van der Waals surface area contributed by atoms with E-state index in [1.807, 2.05) is 37.5 Å². The minimum atomic E-state index is 0.479. The molecule has 1 aliphatic heterocycles. The lowest BCUT2D eigenvalue weighted by atomic mass is 9.97. The van der Waals surface area contributed by atoms with Gasteiger partial charge >= 0.3 is 0 Å². The van der Waals surface area contributed by atoms with Crippen LogP contribution in [-0.4, -0.2) is 28.0 Å². The maximum atomic E-state index is 4.71. The molecular weight excluding hydrogens is 262 g/mol. The van der Waals surface area contributed by atoms with Gasteiger partial charge in [0.15, 0.2) is 0 Å². The van der Waals surface area contributed by atoms with E-state index in [1.165, 1.54) is 5.56 Å². The van der Waals surface area contributed by atoms with Crippen LogP contribution in [0.4, 0.5) is 5.82 Å². The number of nitrogens with zero attached hydrogens (tertiary/aromatic N) is 3. The van der Waals surface area contributed by atoms with Gasteiger partial charge in [-0.05, 0) is 50.6 Å². The summed E-state index contributed by atoms with van der Waals surface area (Å²) in [4.78, 5) is 13.4. The van der Waals surface area contributed by atoms with E-state index < -0.39 is 0 Å². The number of rotatable bonds is 4. The van der Waals surface area contributed by atoms with Crippen molar-refractivity contribution in [2.45, 2.75) is 32.2 Å². The first-order chi connectivity index (χ1) is 10.3. The summed E-state index contributed by atoms with van der Waals surface area (Å²) in [6.45, 7) is 4.90. The molecule has 0 unspecified atom stereocenters. The Bertz CT molecular complexity index is 578. The number of aryl methyl sites for hydroxylation is 1. The Balaban J connectivity index is 1.71. The van der Waals surface area contributed by atoms with Gasteiger partial charge in [0.1, 0.15) is 11.6 Å². The molecule has 0 spiro atoms. The molecule has 0 amide bonds. The molecule has 0 atom stereocenters. The third kappa shape index (κ3) is 3.76. The molecule has 0 aliphatic carbocycles. The molecule has 5 nitrogen and oxygen atoms in total. The molecule has 0 saturated carbocycles. The Morgan fingerprint density at radius 1 is 1.19 bits per heavy atom. The zero-order valence-corrected chi connectivity index (χ0v) is 12.3. The molecule has 1 aliphatic rings. The SMILES string of the molecule is Cc1cc(NCc2ccncc2)nc(C2CCNCC2)n1. The van der Waals surface area contributed by atoms with Crippen molar-refractivity contribution >= 4 is 5.82 Å². The van der Waals surface area contributed by atoms with Gasteiger partial charge < -0.3 is 10.6 Å². The number of pyridine rings is 1. The topological polar surface area (TPSA) is 62.7 Å². The van der Waals surface area contributed by atoms with Crippen molar-refractivity contribution in [2.24, 2.45) is 0 Å². The smallest absolute Gasteiger partial charge is 0.134 e. The average Bonchev–Trinajstić information content (AvgIpc) is 2.54. The molecule has 3 heterocycles. The fourth-order valence-corrected chi connectivity index (χ4v) is 2.64. The van der Waals surface area contributed by atoms with Crippen LogP contribution in [0.2, 0.25) is 0 Å². The van der Waals surface area contributed by atoms with Crippen LogP contribution in [0.1, 0.15) is 35.8 Å². The molecule has 1 fully saturated rings. The Labute approximate surface area is 125 Å². The standard InChI is InChI=1S/C16H21N5/c1-12-10-15(19-11-13-2-6-17-7-3-13)21-16(20-12)14-4-8-18-9-5-14/h2-3,6-7,10,14,18H,4-5,8-9,11H2,1H3,(H,19,20,21). The molecule has 2 aromatic rings. The van der Waals surface area contributed by atoms with Gasteiger partial charge in [-0.3, -0.25) is 4.98 Å². The molecule has 3 rings (SSSR count). The molecule has 5 heteroatoms. The van der Waals surface area contributed by atoms with Crippen molar-refractivity contribution in [3.05, 3.63) is 47.7 Å². The van der Waals surface area contributed by atoms with Crippen molar-refractivity contribution in [3.63, 3.8) is 0 Å². The van der Waals surface area contributed by atoms with Gasteiger partial charge in [-0.25, -0.2) is 9.97 Å². The van der Waals surface area contributed by atoms with Crippen molar-refractivity contribution in [1.82, 2.24) is 20.3 Å². The predicted molar refractivity (Wildman–Crippen MR) is 83.2 cm³/mol. The summed E-state index contributed by atoms with van der Waals surface area (Å²) in [5.74, 6) is 2.37. The van der Waals surface area contributed by atoms with Gasteiger partial charge in [0, 0.05) is 36.6 Å². The van der Waals surface area contributed by atoms with Crippen LogP contribution in [0.15, 0.2) is 30.6 Å². The molecule has 21 heavy (non-hydrogen) atoms. The Kier molecular flexibility index (Phi) is 4.40. The molecule has 0 aromatic carbocycles. The molecule has 1 saturated heterocycles. The van der Waals surface area contributed by atoms with Crippen molar-refractivity contribution in [2.75, 3.05) is 18.4 Å². The van der Waals surface area contributed by atoms with Gasteiger partial charge in [0.2, 0.25) is 0 Å². The van der Waals surface area contributed by atoms with Crippen LogP contribution in [0.3, 0.4) is 0 Å². The van der Waals surface area contributed by atoms with Crippen LogP contribution in [-0.2, 0) is 6.54 Å². The summed E-state index contributed by atoms with van der Waals surface area (Å²) in [6.07, 6.45) is 5.85. The quantitative estimate of drug-likeness (QED) is 0.901. The number of anilines is 1. The van der Waals surface area contributed by atoms with Gasteiger partial charge in [-0.15, -0.1) is 0 Å². The second kappa shape index (κ2) is 6.63. The van der Waals surface area contributed by atoms with Gasteiger partial charge in [-0.1, -0.05) is 0 Å². The first kappa shape index (κ1) is 13.9. The summed E-state index contributed by atoms with van der Waals surface area (Å²) in [5.41, 5.74) is 2.22. The monoisotopic (exact) mass is 283 g/mol. The molecule has 0 radical (unpaired) electrons. The highest BCUT2D eigenvalue weighted by Crippen LogP contribution is 2.23. The number of hydrogen-bond donors (Lipinski definition) is 2. The van der Waals surface area contributed by atoms with Gasteiger partial charge in [-0.2, -0.15) is 0 Å².